The van der Waals surface area contributed by atoms with Gasteiger partial charge in [-0.15, -0.1) is 0 Å². The lowest BCUT2D eigenvalue weighted by atomic mass is 9.98. The lowest BCUT2D eigenvalue weighted by Crippen LogP contribution is -2.62. The highest BCUT2D eigenvalue weighted by atomic mass is 16.7. The van der Waals surface area contributed by atoms with E-state index in [4.69, 9.17) is 28.1 Å². The number of aliphatic hydroxyl groups excluding tert-OH is 7. The van der Waals surface area contributed by atoms with E-state index < -0.39 is 103 Å². The van der Waals surface area contributed by atoms with Crippen LogP contribution >= 0.6 is 0 Å². The Hall–Kier alpha value is -3.75. The van der Waals surface area contributed by atoms with Crippen LogP contribution in [0, 0.1) is 0 Å². The molecule has 2 aromatic carbocycles. The van der Waals surface area contributed by atoms with E-state index in [1.165, 1.54) is 25.3 Å². The number of methoxy groups -OCH3 is 1. The molecule has 3 aromatic rings. The van der Waals surface area contributed by atoms with Crippen molar-refractivity contribution in [2.45, 2.75) is 61.4 Å². The molecule has 0 saturated carbocycles. The molecule has 2 saturated heterocycles. The summed E-state index contributed by atoms with van der Waals surface area (Å²) in [5.74, 6) is -2.38. The molecular weight excluding hydrogens is 608 g/mol. The Kier molecular flexibility index (Phi) is 9.38. The molecule has 246 valence electrons. The molecule has 5 rings (SSSR count). The molecule has 45 heavy (non-hydrogen) atoms. The fourth-order valence-corrected chi connectivity index (χ4v) is 5.05. The van der Waals surface area contributed by atoms with Gasteiger partial charge in [-0.3, -0.25) is 4.79 Å². The van der Waals surface area contributed by atoms with Crippen molar-refractivity contribution in [1.82, 2.24) is 0 Å². The van der Waals surface area contributed by atoms with E-state index in [9.17, 15) is 55.9 Å². The predicted octanol–water partition coefficient (Wildman–Crippen LogP) is -2.41. The van der Waals surface area contributed by atoms with Gasteiger partial charge < -0.3 is 79.2 Å². The summed E-state index contributed by atoms with van der Waals surface area (Å²) < 4.78 is 33.0. The van der Waals surface area contributed by atoms with E-state index in [1.807, 2.05) is 0 Å². The molecule has 0 amide bonds. The SMILES string of the molecule is COc1cc(-c2oc3cc(O)cc(O)c3c(=O)c2O[C@@H]2O[C@@H](CO[C@@H]3O[C@H](CO)[C@@H](O)[C@H](O)[C@H]3O)[C@H](O)[C@@H](O)[C@H]2O)ccc1O. The van der Waals surface area contributed by atoms with Crippen LogP contribution in [0.1, 0.15) is 0 Å². The van der Waals surface area contributed by atoms with Crippen LogP contribution in [0.2, 0.25) is 0 Å². The molecule has 2 aliphatic rings. The van der Waals surface area contributed by atoms with E-state index in [-0.39, 0.29) is 28.4 Å². The summed E-state index contributed by atoms with van der Waals surface area (Å²) in [4.78, 5) is 13.7. The molecule has 10 N–H and O–H groups in total. The number of phenols is 3. The molecule has 2 fully saturated rings. The summed E-state index contributed by atoms with van der Waals surface area (Å²) in [5, 5.41) is 102. The first-order valence-corrected chi connectivity index (χ1v) is 13.5. The summed E-state index contributed by atoms with van der Waals surface area (Å²) in [6.45, 7) is -1.39. The first kappa shape index (κ1) is 32.6. The molecular formula is C28H32O17. The highest BCUT2D eigenvalue weighted by molar-refractivity contribution is 5.88. The minimum absolute atomic E-state index is 0.0298. The summed E-state index contributed by atoms with van der Waals surface area (Å²) in [7, 11) is 1.27. The highest BCUT2D eigenvalue weighted by Crippen LogP contribution is 2.39. The number of hydrogen-bond acceptors (Lipinski definition) is 17. The van der Waals surface area contributed by atoms with Gasteiger partial charge in [0, 0.05) is 17.7 Å². The van der Waals surface area contributed by atoms with Crippen molar-refractivity contribution in [2.24, 2.45) is 0 Å². The molecule has 0 radical (unpaired) electrons. The summed E-state index contributed by atoms with van der Waals surface area (Å²) in [6.07, 6.45) is -17.3. The van der Waals surface area contributed by atoms with Crippen LogP contribution in [0.5, 0.6) is 28.7 Å². The van der Waals surface area contributed by atoms with E-state index >= 15 is 0 Å². The van der Waals surface area contributed by atoms with Gasteiger partial charge in [0.05, 0.1) is 20.3 Å². The number of aliphatic hydroxyl groups is 7. The van der Waals surface area contributed by atoms with Gasteiger partial charge in [-0.05, 0) is 18.2 Å². The smallest absolute Gasteiger partial charge is 0.239 e. The monoisotopic (exact) mass is 640 g/mol. The Labute approximate surface area is 252 Å². The van der Waals surface area contributed by atoms with Crippen molar-refractivity contribution < 1.29 is 79.2 Å². The third-order valence-corrected chi connectivity index (χ3v) is 7.54. The number of aromatic hydroxyl groups is 3. The molecule has 3 heterocycles. The van der Waals surface area contributed by atoms with Crippen LogP contribution in [0.4, 0.5) is 0 Å². The van der Waals surface area contributed by atoms with Crippen LogP contribution in [-0.2, 0) is 14.2 Å². The first-order valence-electron chi connectivity index (χ1n) is 13.5. The third kappa shape index (κ3) is 6.10. The normalized spacial score (nSPS) is 32.0. The van der Waals surface area contributed by atoms with Crippen LogP contribution in [0.3, 0.4) is 0 Å². The van der Waals surface area contributed by atoms with Gasteiger partial charge in [0.15, 0.2) is 23.5 Å². The van der Waals surface area contributed by atoms with Gasteiger partial charge >= 0.3 is 0 Å². The van der Waals surface area contributed by atoms with Crippen LogP contribution in [0.15, 0.2) is 39.5 Å². The first-order chi connectivity index (χ1) is 21.4. The fourth-order valence-electron chi connectivity index (χ4n) is 5.05. The van der Waals surface area contributed by atoms with E-state index in [1.54, 1.807) is 0 Å². The maximum absolute atomic E-state index is 13.7. The zero-order chi connectivity index (χ0) is 32.7. The Bertz CT molecular complexity index is 1570. The average Bonchev–Trinajstić information content (AvgIpc) is 3.01. The van der Waals surface area contributed by atoms with Crippen LogP contribution < -0.4 is 14.9 Å². The predicted molar refractivity (Wildman–Crippen MR) is 146 cm³/mol. The number of phenolic OH excluding ortho intramolecular Hbond substituents is 3. The summed E-state index contributed by atoms with van der Waals surface area (Å²) >= 11 is 0. The molecule has 0 aliphatic carbocycles. The maximum atomic E-state index is 13.7. The number of fused-ring (bicyclic) bond motifs is 1. The van der Waals surface area contributed by atoms with Gasteiger partial charge in [-0.2, -0.15) is 0 Å². The zero-order valence-electron chi connectivity index (χ0n) is 23.4. The largest absolute Gasteiger partial charge is 0.508 e. The van der Waals surface area contributed by atoms with Crippen LogP contribution in [0.25, 0.3) is 22.3 Å². The minimum atomic E-state index is -1.98. The quantitative estimate of drug-likeness (QED) is 0.123. The summed E-state index contributed by atoms with van der Waals surface area (Å²) in [6, 6.07) is 5.76. The van der Waals surface area contributed by atoms with Crippen molar-refractivity contribution in [2.75, 3.05) is 20.3 Å². The minimum Gasteiger partial charge on any atom is -0.508 e. The van der Waals surface area contributed by atoms with Gasteiger partial charge in [-0.1, -0.05) is 0 Å². The Balaban J connectivity index is 1.48. The second kappa shape index (κ2) is 12.9. The Morgan fingerprint density at radius 2 is 1.42 bits per heavy atom. The molecule has 17 nitrogen and oxygen atoms in total. The average molecular weight is 641 g/mol. The van der Waals surface area contributed by atoms with Gasteiger partial charge in [0.2, 0.25) is 17.5 Å². The Morgan fingerprint density at radius 1 is 0.778 bits per heavy atom. The van der Waals surface area contributed by atoms with Gasteiger partial charge in [0.25, 0.3) is 0 Å². The molecule has 1 aromatic heterocycles. The van der Waals surface area contributed by atoms with Crippen molar-refractivity contribution in [3.8, 4) is 40.1 Å². The molecule has 0 bridgehead atoms. The van der Waals surface area contributed by atoms with E-state index in [2.05, 4.69) is 0 Å². The molecule has 10 atom stereocenters. The molecule has 17 heteroatoms. The second-order valence-electron chi connectivity index (χ2n) is 10.5. The van der Waals surface area contributed by atoms with Crippen molar-refractivity contribution in [1.29, 1.82) is 0 Å². The Morgan fingerprint density at radius 3 is 2.09 bits per heavy atom. The lowest BCUT2D eigenvalue weighted by Gasteiger charge is -2.42. The van der Waals surface area contributed by atoms with E-state index in [0.717, 1.165) is 12.1 Å². The third-order valence-electron chi connectivity index (χ3n) is 7.54. The van der Waals surface area contributed by atoms with Crippen molar-refractivity contribution >= 4 is 11.0 Å². The summed E-state index contributed by atoms with van der Waals surface area (Å²) in [5.41, 5.74) is -1.17. The molecule has 0 spiro atoms. The molecule has 0 unspecified atom stereocenters. The zero-order valence-corrected chi connectivity index (χ0v) is 23.4. The molecule has 2 aliphatic heterocycles. The fraction of sp³-hybridized carbons (Fsp3) is 0.464. The number of hydrogen-bond donors (Lipinski definition) is 10. The van der Waals surface area contributed by atoms with Gasteiger partial charge in [-0.25, -0.2) is 0 Å². The van der Waals surface area contributed by atoms with Gasteiger partial charge in [0.1, 0.15) is 71.3 Å². The number of benzene rings is 2. The van der Waals surface area contributed by atoms with Crippen molar-refractivity contribution in [3.63, 3.8) is 0 Å². The number of ether oxygens (including phenoxy) is 5. The number of rotatable bonds is 8. The topological polar surface area (TPSA) is 279 Å². The van der Waals surface area contributed by atoms with Crippen molar-refractivity contribution in [3.05, 3.63) is 40.6 Å². The lowest BCUT2D eigenvalue weighted by molar-refractivity contribution is -0.323. The highest BCUT2D eigenvalue weighted by Gasteiger charge is 2.48. The standard InChI is InChI=1S/C28H32O17/c1-40-13-4-9(2-3-11(13)31)25-26(20(35)17-12(32)5-10(30)6-14(17)42-25)45-28-24(39)22(37)19(34)16(44-28)8-41-27-23(38)21(36)18(33)15(7-29)43-27/h2-6,15-16,18-19,21-24,27-34,36-39H,7-8H2,1H3/t15-,16+,18-,19+,21+,22-,23-,24-,27-,28+/m1/s1. The van der Waals surface area contributed by atoms with Crippen LogP contribution in [-0.4, -0.2) is 133 Å². The second-order valence-corrected chi connectivity index (χ2v) is 10.5. The maximum Gasteiger partial charge on any atom is 0.239 e. The van der Waals surface area contributed by atoms with E-state index in [0.29, 0.717) is 0 Å².